The van der Waals surface area contributed by atoms with Crippen molar-refractivity contribution in [1.82, 2.24) is 5.01 Å². The van der Waals surface area contributed by atoms with E-state index in [0.717, 1.165) is 0 Å². The smallest absolute Gasteiger partial charge is 0.335 e. The molecule has 10 nitrogen and oxygen atoms in total. The molecule has 1 aliphatic rings. The first-order chi connectivity index (χ1) is 14.7. The third-order valence-electron chi connectivity index (χ3n) is 4.18. The third kappa shape index (κ3) is 5.37. The van der Waals surface area contributed by atoms with E-state index in [1.165, 1.54) is 31.2 Å². The average Bonchev–Trinajstić information content (AvgIpc) is 3.02. The van der Waals surface area contributed by atoms with Crippen LogP contribution in [0.3, 0.4) is 0 Å². The molecule has 1 aliphatic heterocycles. The van der Waals surface area contributed by atoms with E-state index in [0.29, 0.717) is 21.4 Å². The van der Waals surface area contributed by atoms with Gasteiger partial charge in [-0.05, 0) is 55.5 Å². The number of hydrazone groups is 1. The molecule has 31 heavy (non-hydrogen) atoms. The fourth-order valence-electron chi connectivity index (χ4n) is 2.61. The van der Waals surface area contributed by atoms with Gasteiger partial charge < -0.3 is 10.4 Å². The molecule has 3 rings (SSSR count). The van der Waals surface area contributed by atoms with Crippen LogP contribution >= 0.6 is 11.6 Å². The molecule has 11 heteroatoms. The first-order valence-electron chi connectivity index (χ1n) is 8.96. The number of carboxylic acids is 1. The highest BCUT2D eigenvalue weighted by Gasteiger charge is 2.38. The lowest BCUT2D eigenvalue weighted by atomic mass is 10.2. The van der Waals surface area contributed by atoms with E-state index >= 15 is 0 Å². The number of rotatable bonds is 6. The van der Waals surface area contributed by atoms with Crippen LogP contribution in [0.1, 0.15) is 23.7 Å². The Labute approximate surface area is 181 Å². The monoisotopic (exact) mass is 441 g/mol. The molecule has 2 aromatic carbocycles. The Morgan fingerprint density at radius 1 is 1.13 bits per heavy atom. The molecule has 3 amide bonds. The molecule has 0 aromatic heterocycles. The molecule has 0 bridgehead atoms. The molecular formula is C20H16ClN5O5. The number of benzene rings is 2. The zero-order valence-corrected chi connectivity index (χ0v) is 16.9. The average molecular weight is 442 g/mol. The lowest BCUT2D eigenvalue weighted by Crippen LogP contribution is -2.36. The van der Waals surface area contributed by atoms with Gasteiger partial charge in [0.25, 0.3) is 11.8 Å². The largest absolute Gasteiger partial charge is 0.478 e. The van der Waals surface area contributed by atoms with Crippen molar-refractivity contribution in [3.63, 3.8) is 0 Å². The van der Waals surface area contributed by atoms with E-state index in [-0.39, 0.29) is 11.3 Å². The number of halogens is 1. The maximum Gasteiger partial charge on any atom is 0.335 e. The summed E-state index contributed by atoms with van der Waals surface area (Å²) in [6.07, 6.45) is -0.592. The van der Waals surface area contributed by atoms with Crippen molar-refractivity contribution in [2.45, 2.75) is 19.4 Å². The second-order valence-electron chi connectivity index (χ2n) is 6.49. The summed E-state index contributed by atoms with van der Waals surface area (Å²) in [4.78, 5) is 47.8. The Hall–Kier alpha value is -3.92. The van der Waals surface area contributed by atoms with Crippen molar-refractivity contribution in [1.29, 1.82) is 0 Å². The van der Waals surface area contributed by atoms with Gasteiger partial charge in [0.2, 0.25) is 5.91 Å². The van der Waals surface area contributed by atoms with Crippen molar-refractivity contribution in [3.05, 3.63) is 59.1 Å². The van der Waals surface area contributed by atoms with Crippen LogP contribution in [-0.2, 0) is 14.4 Å². The minimum Gasteiger partial charge on any atom is -0.478 e. The van der Waals surface area contributed by atoms with Gasteiger partial charge in [0.15, 0.2) is 6.04 Å². The van der Waals surface area contributed by atoms with Crippen LogP contribution in [0.25, 0.3) is 0 Å². The lowest BCUT2D eigenvalue weighted by molar-refractivity contribution is -0.144. The van der Waals surface area contributed by atoms with E-state index in [1.54, 1.807) is 24.3 Å². The van der Waals surface area contributed by atoms with Gasteiger partial charge in [0, 0.05) is 10.7 Å². The van der Waals surface area contributed by atoms with E-state index in [4.69, 9.17) is 16.7 Å². The highest BCUT2D eigenvalue weighted by molar-refractivity contribution is 6.30. The van der Waals surface area contributed by atoms with E-state index < -0.39 is 36.2 Å². The van der Waals surface area contributed by atoms with Gasteiger partial charge in [-0.2, -0.15) is 20.3 Å². The Balaban J connectivity index is 1.61. The number of amides is 3. The third-order valence-corrected chi connectivity index (χ3v) is 4.43. The normalized spacial score (nSPS) is 15.8. The highest BCUT2D eigenvalue weighted by atomic mass is 35.5. The van der Waals surface area contributed by atoms with Crippen molar-refractivity contribution < 1.29 is 24.3 Å². The van der Waals surface area contributed by atoms with Crippen LogP contribution in [0.5, 0.6) is 0 Å². The van der Waals surface area contributed by atoms with E-state index in [1.807, 2.05) is 0 Å². The van der Waals surface area contributed by atoms with E-state index in [2.05, 4.69) is 20.6 Å². The SMILES string of the molecule is CC1=NN(C(=O)CC(=O)Nc2ccc(Cl)cc2)C(=O)C1N=Nc1ccc(C(=O)O)cc1. The number of hydrogen-bond acceptors (Lipinski definition) is 7. The predicted octanol–water partition coefficient (Wildman–Crippen LogP) is 3.26. The van der Waals surface area contributed by atoms with Gasteiger partial charge in [-0.15, -0.1) is 0 Å². The van der Waals surface area contributed by atoms with Crippen LogP contribution in [0.4, 0.5) is 11.4 Å². The molecule has 1 heterocycles. The maximum atomic E-state index is 12.5. The number of carbonyl (C=O) groups is 4. The molecule has 0 saturated heterocycles. The topological polar surface area (TPSA) is 141 Å². The summed E-state index contributed by atoms with van der Waals surface area (Å²) in [5, 5.41) is 24.2. The van der Waals surface area contributed by atoms with E-state index in [9.17, 15) is 19.2 Å². The molecule has 0 radical (unpaired) electrons. The van der Waals surface area contributed by atoms with Crippen LogP contribution in [0.2, 0.25) is 5.02 Å². The Morgan fingerprint density at radius 3 is 2.39 bits per heavy atom. The standard InChI is InChI=1S/C20H16ClN5O5/c1-11-18(24-23-15-6-2-12(3-7-15)20(30)31)19(29)26(25-11)17(28)10-16(27)22-14-8-4-13(21)5-9-14/h2-9,18H,10H2,1H3,(H,22,27)(H,30,31). The van der Waals surface area contributed by atoms with Crippen LogP contribution in [0, 0.1) is 0 Å². The Bertz CT molecular complexity index is 1100. The quantitative estimate of drug-likeness (QED) is 0.522. The number of aromatic carboxylic acids is 1. The summed E-state index contributed by atoms with van der Waals surface area (Å²) in [6, 6.07) is 10.8. The van der Waals surface area contributed by atoms with Gasteiger partial charge in [-0.1, -0.05) is 11.6 Å². The molecule has 1 unspecified atom stereocenters. The summed E-state index contributed by atoms with van der Waals surface area (Å²) in [7, 11) is 0. The number of hydrogen-bond donors (Lipinski definition) is 2. The van der Waals surface area contributed by atoms with Crippen molar-refractivity contribution in [3.8, 4) is 0 Å². The number of carbonyl (C=O) groups excluding carboxylic acids is 3. The number of azo groups is 1. The molecular weight excluding hydrogens is 426 g/mol. The summed E-state index contributed by atoms with van der Waals surface area (Å²) in [5.74, 6) is -3.23. The van der Waals surface area contributed by atoms with Gasteiger partial charge in [0.05, 0.1) is 17.0 Å². The summed E-state index contributed by atoms with van der Waals surface area (Å²) < 4.78 is 0. The Morgan fingerprint density at radius 2 is 1.77 bits per heavy atom. The second kappa shape index (κ2) is 9.26. The number of anilines is 1. The lowest BCUT2D eigenvalue weighted by Gasteiger charge is -2.11. The number of imide groups is 1. The van der Waals surface area contributed by atoms with Gasteiger partial charge in [-0.25, -0.2) is 4.79 Å². The van der Waals surface area contributed by atoms with Crippen LogP contribution in [-0.4, -0.2) is 45.6 Å². The first kappa shape index (κ1) is 21.8. The fourth-order valence-corrected chi connectivity index (χ4v) is 2.74. The summed E-state index contributed by atoms with van der Waals surface area (Å²) in [5.41, 5.74) is 1.11. The zero-order valence-electron chi connectivity index (χ0n) is 16.2. The number of carboxylic acid groups (broad SMARTS) is 1. The highest BCUT2D eigenvalue weighted by Crippen LogP contribution is 2.19. The Kier molecular flexibility index (Phi) is 6.51. The van der Waals surface area contributed by atoms with Crippen LogP contribution < -0.4 is 5.32 Å². The van der Waals surface area contributed by atoms with Crippen molar-refractivity contribution >= 4 is 52.4 Å². The molecule has 0 saturated carbocycles. The minimum atomic E-state index is -1.11. The predicted molar refractivity (Wildman–Crippen MR) is 111 cm³/mol. The molecule has 0 aliphatic carbocycles. The van der Waals surface area contributed by atoms with Gasteiger partial charge >= 0.3 is 5.97 Å². The summed E-state index contributed by atoms with van der Waals surface area (Å²) >= 11 is 5.78. The fraction of sp³-hybridized carbons (Fsp3) is 0.150. The second-order valence-corrected chi connectivity index (χ2v) is 6.92. The maximum absolute atomic E-state index is 12.5. The molecule has 2 N–H and O–H groups in total. The molecule has 158 valence electrons. The molecule has 0 fully saturated rings. The van der Waals surface area contributed by atoms with Gasteiger partial charge in [0.1, 0.15) is 6.42 Å². The summed E-state index contributed by atoms with van der Waals surface area (Å²) in [6.45, 7) is 1.51. The number of nitrogens with one attached hydrogen (secondary N) is 1. The minimum absolute atomic E-state index is 0.0854. The van der Waals surface area contributed by atoms with Crippen molar-refractivity contribution in [2.24, 2.45) is 15.3 Å². The van der Waals surface area contributed by atoms with Crippen LogP contribution in [0.15, 0.2) is 63.9 Å². The zero-order chi connectivity index (χ0) is 22.5. The number of nitrogens with zero attached hydrogens (tertiary/aromatic N) is 4. The van der Waals surface area contributed by atoms with Gasteiger partial charge in [-0.3, -0.25) is 14.4 Å². The molecule has 1 atom stereocenters. The van der Waals surface area contributed by atoms with Crippen molar-refractivity contribution in [2.75, 3.05) is 5.32 Å². The first-order valence-corrected chi connectivity index (χ1v) is 9.34. The molecule has 0 spiro atoms. The molecule has 2 aromatic rings.